The van der Waals surface area contributed by atoms with Crippen LogP contribution < -0.4 is 10.6 Å². The molecule has 0 bridgehead atoms. The van der Waals surface area contributed by atoms with Crippen molar-refractivity contribution in [1.29, 1.82) is 0 Å². The molecule has 7 heteroatoms. The van der Waals surface area contributed by atoms with Gasteiger partial charge >= 0.3 is 0 Å². The molecule has 0 radical (unpaired) electrons. The van der Waals surface area contributed by atoms with Crippen molar-refractivity contribution in [2.75, 3.05) is 17.6 Å². The Hall–Kier alpha value is -2.38. The number of benzene rings is 2. The number of carbonyl (C=O) groups excluding carboxylic acids is 1. The number of nitrogens with zero attached hydrogens (tertiary/aromatic N) is 2. The maximum absolute atomic E-state index is 12.1. The van der Waals surface area contributed by atoms with Crippen molar-refractivity contribution in [3.8, 4) is 0 Å². The van der Waals surface area contributed by atoms with Crippen LogP contribution in [0.4, 0.5) is 10.8 Å². The van der Waals surface area contributed by atoms with Crippen LogP contribution in [0.2, 0.25) is 0 Å². The van der Waals surface area contributed by atoms with Crippen LogP contribution >= 0.6 is 23.1 Å². The third-order valence-electron chi connectivity index (χ3n) is 3.98. The molecule has 3 rings (SSSR count). The molecule has 1 amide bonds. The fourth-order valence-corrected chi connectivity index (χ4v) is 4.11. The van der Waals surface area contributed by atoms with Crippen molar-refractivity contribution < 1.29 is 4.79 Å². The van der Waals surface area contributed by atoms with E-state index in [0.29, 0.717) is 12.3 Å². The van der Waals surface area contributed by atoms with E-state index < -0.39 is 0 Å². The summed E-state index contributed by atoms with van der Waals surface area (Å²) in [5.74, 6) is 0.624. The van der Waals surface area contributed by atoms with Crippen LogP contribution in [0.25, 0.3) is 0 Å². The highest BCUT2D eigenvalue weighted by atomic mass is 32.2. The first-order valence-electron chi connectivity index (χ1n) is 8.72. The minimum atomic E-state index is 0.00572. The van der Waals surface area contributed by atoms with Crippen LogP contribution in [0.15, 0.2) is 58.9 Å². The summed E-state index contributed by atoms with van der Waals surface area (Å²) < 4.78 is 0.774. The molecular formula is C20H22N4OS2. The Morgan fingerprint density at radius 2 is 1.96 bits per heavy atom. The average molecular weight is 399 g/mol. The lowest BCUT2D eigenvalue weighted by molar-refractivity contribution is -0.118. The van der Waals surface area contributed by atoms with Crippen molar-refractivity contribution in [2.45, 2.75) is 24.1 Å². The first-order chi connectivity index (χ1) is 13.1. The van der Waals surface area contributed by atoms with Crippen LogP contribution in [0, 0.1) is 6.92 Å². The SMILES string of the molecule is Cc1cccc(Nc2nnc(SCC(=O)NCC(C)c3ccccc3)s2)c1. The summed E-state index contributed by atoms with van der Waals surface area (Å²) in [5, 5.41) is 15.2. The highest BCUT2D eigenvalue weighted by Gasteiger charge is 2.10. The molecule has 1 aromatic heterocycles. The summed E-state index contributed by atoms with van der Waals surface area (Å²) >= 11 is 2.85. The Morgan fingerprint density at radius 1 is 1.15 bits per heavy atom. The minimum absolute atomic E-state index is 0.00572. The molecule has 0 aliphatic carbocycles. The fourth-order valence-electron chi connectivity index (χ4n) is 2.51. The Balaban J connectivity index is 1.43. The topological polar surface area (TPSA) is 66.9 Å². The van der Waals surface area contributed by atoms with Gasteiger partial charge in [0.1, 0.15) is 0 Å². The highest BCUT2D eigenvalue weighted by Crippen LogP contribution is 2.27. The Bertz CT molecular complexity index is 882. The van der Waals surface area contributed by atoms with Crippen LogP contribution in [-0.2, 0) is 4.79 Å². The summed E-state index contributed by atoms with van der Waals surface area (Å²) in [7, 11) is 0. The molecule has 1 heterocycles. The number of hydrogen-bond acceptors (Lipinski definition) is 6. The average Bonchev–Trinajstić information content (AvgIpc) is 3.12. The van der Waals surface area contributed by atoms with Gasteiger partial charge in [-0.05, 0) is 36.1 Å². The predicted molar refractivity (Wildman–Crippen MR) is 113 cm³/mol. The van der Waals surface area contributed by atoms with Gasteiger partial charge in [-0.25, -0.2) is 0 Å². The maximum atomic E-state index is 12.1. The standard InChI is InChI=1S/C20H22N4OS2/c1-14-7-6-10-17(11-14)22-19-23-24-20(27-19)26-13-18(25)21-12-15(2)16-8-4-3-5-9-16/h3-11,15H,12-13H2,1-2H3,(H,21,25)(H,22,23). The first-order valence-corrected chi connectivity index (χ1v) is 10.5. The molecule has 2 aromatic carbocycles. The van der Waals surface area contributed by atoms with Gasteiger partial charge in [-0.3, -0.25) is 4.79 Å². The van der Waals surface area contributed by atoms with E-state index in [4.69, 9.17) is 0 Å². The molecule has 2 N–H and O–H groups in total. The predicted octanol–water partition coefficient (Wildman–Crippen LogP) is 4.60. The third kappa shape index (κ3) is 6.08. The van der Waals surface area contributed by atoms with Gasteiger partial charge in [0, 0.05) is 12.2 Å². The quantitative estimate of drug-likeness (QED) is 0.543. The normalized spacial score (nSPS) is 11.8. The van der Waals surface area contributed by atoms with Crippen molar-refractivity contribution in [2.24, 2.45) is 0 Å². The van der Waals surface area contributed by atoms with E-state index in [1.807, 2.05) is 43.3 Å². The zero-order valence-electron chi connectivity index (χ0n) is 15.3. The summed E-state index contributed by atoms with van der Waals surface area (Å²) in [5.41, 5.74) is 3.39. The second kappa shape index (κ2) is 9.53. The molecule has 0 spiro atoms. The molecule has 1 atom stereocenters. The minimum Gasteiger partial charge on any atom is -0.355 e. The molecule has 0 fully saturated rings. The number of hydrogen-bond donors (Lipinski definition) is 2. The maximum Gasteiger partial charge on any atom is 0.230 e. The van der Waals surface area contributed by atoms with Crippen LogP contribution in [0.3, 0.4) is 0 Å². The largest absolute Gasteiger partial charge is 0.355 e. The van der Waals surface area contributed by atoms with Crippen molar-refractivity contribution in [3.05, 3.63) is 65.7 Å². The van der Waals surface area contributed by atoms with E-state index in [9.17, 15) is 4.79 Å². The second-order valence-electron chi connectivity index (χ2n) is 6.27. The van der Waals surface area contributed by atoms with E-state index >= 15 is 0 Å². The summed E-state index contributed by atoms with van der Waals surface area (Å²) in [6.07, 6.45) is 0. The van der Waals surface area contributed by atoms with E-state index in [2.05, 4.69) is 46.0 Å². The lowest BCUT2D eigenvalue weighted by atomic mass is 10.0. The van der Waals surface area contributed by atoms with Crippen LogP contribution in [0.1, 0.15) is 24.0 Å². The molecule has 0 aliphatic heterocycles. The molecule has 0 aliphatic rings. The van der Waals surface area contributed by atoms with Gasteiger partial charge in [-0.2, -0.15) is 0 Å². The van der Waals surface area contributed by atoms with E-state index in [1.54, 1.807) is 0 Å². The summed E-state index contributed by atoms with van der Waals surface area (Å²) in [4.78, 5) is 12.1. The van der Waals surface area contributed by atoms with E-state index in [1.165, 1.54) is 34.2 Å². The van der Waals surface area contributed by atoms with Gasteiger partial charge in [-0.15, -0.1) is 10.2 Å². The van der Waals surface area contributed by atoms with E-state index in [-0.39, 0.29) is 11.8 Å². The Morgan fingerprint density at radius 3 is 2.74 bits per heavy atom. The monoisotopic (exact) mass is 398 g/mol. The molecule has 5 nitrogen and oxygen atoms in total. The lowest BCUT2D eigenvalue weighted by Crippen LogP contribution is -2.28. The number of aromatic nitrogens is 2. The highest BCUT2D eigenvalue weighted by molar-refractivity contribution is 8.01. The van der Waals surface area contributed by atoms with Gasteiger partial charge in [0.05, 0.1) is 5.75 Å². The van der Waals surface area contributed by atoms with Gasteiger partial charge < -0.3 is 10.6 Å². The second-order valence-corrected chi connectivity index (χ2v) is 8.47. The number of rotatable bonds is 8. The number of anilines is 2. The lowest BCUT2D eigenvalue weighted by Gasteiger charge is -2.12. The van der Waals surface area contributed by atoms with Crippen molar-refractivity contribution in [1.82, 2.24) is 15.5 Å². The molecule has 27 heavy (non-hydrogen) atoms. The van der Waals surface area contributed by atoms with Gasteiger partial charge in [0.2, 0.25) is 11.0 Å². The number of nitrogens with one attached hydrogen (secondary N) is 2. The van der Waals surface area contributed by atoms with Gasteiger partial charge in [0.15, 0.2) is 4.34 Å². The number of thioether (sulfide) groups is 1. The smallest absolute Gasteiger partial charge is 0.230 e. The van der Waals surface area contributed by atoms with Crippen LogP contribution in [0.5, 0.6) is 0 Å². The van der Waals surface area contributed by atoms with E-state index in [0.717, 1.165) is 15.2 Å². The fraction of sp³-hybridized carbons (Fsp3) is 0.250. The molecule has 140 valence electrons. The molecule has 1 unspecified atom stereocenters. The Kier molecular flexibility index (Phi) is 6.84. The number of aryl methyl sites for hydroxylation is 1. The summed E-state index contributed by atoms with van der Waals surface area (Å²) in [6, 6.07) is 18.3. The molecular weight excluding hydrogens is 376 g/mol. The zero-order chi connectivity index (χ0) is 19.1. The third-order valence-corrected chi connectivity index (χ3v) is 5.95. The Labute approximate surface area is 167 Å². The zero-order valence-corrected chi connectivity index (χ0v) is 16.9. The van der Waals surface area contributed by atoms with Crippen molar-refractivity contribution in [3.63, 3.8) is 0 Å². The van der Waals surface area contributed by atoms with Crippen LogP contribution in [-0.4, -0.2) is 28.4 Å². The number of carbonyl (C=O) groups is 1. The van der Waals surface area contributed by atoms with Crippen molar-refractivity contribution >= 4 is 39.8 Å². The summed E-state index contributed by atoms with van der Waals surface area (Å²) in [6.45, 7) is 4.78. The molecule has 0 saturated heterocycles. The number of amides is 1. The molecule has 0 saturated carbocycles. The molecule has 3 aromatic rings. The first kappa shape index (κ1) is 19.4. The van der Waals surface area contributed by atoms with Gasteiger partial charge in [0.25, 0.3) is 0 Å². The van der Waals surface area contributed by atoms with Gasteiger partial charge in [-0.1, -0.05) is 72.5 Å².